The van der Waals surface area contributed by atoms with Gasteiger partial charge in [-0.25, -0.2) is 0 Å². The van der Waals surface area contributed by atoms with Crippen molar-refractivity contribution in [1.82, 2.24) is 21.3 Å². The number of hydrogen-bond donors (Lipinski definition) is 5. The number of nitrogen functional groups attached to an aromatic ring is 1. The molecular formula is C17H27N5O2. The summed E-state index contributed by atoms with van der Waals surface area (Å²) >= 11 is 0. The van der Waals surface area contributed by atoms with Crippen LogP contribution < -0.4 is 27.0 Å². The van der Waals surface area contributed by atoms with Gasteiger partial charge in [-0.15, -0.1) is 0 Å². The van der Waals surface area contributed by atoms with Gasteiger partial charge < -0.3 is 27.0 Å². The zero-order chi connectivity index (χ0) is 17.2. The van der Waals surface area contributed by atoms with Crippen LogP contribution in [-0.2, 0) is 16.0 Å². The molecule has 0 saturated carbocycles. The number of nitrogens with one attached hydrogen (secondary N) is 4. The van der Waals surface area contributed by atoms with Crippen molar-refractivity contribution in [2.75, 3.05) is 45.0 Å². The monoisotopic (exact) mass is 333 g/mol. The number of rotatable bonds is 2. The van der Waals surface area contributed by atoms with Crippen LogP contribution in [0.1, 0.15) is 12.0 Å². The van der Waals surface area contributed by atoms with Crippen molar-refractivity contribution in [2.24, 2.45) is 5.92 Å². The zero-order valence-electron chi connectivity index (χ0n) is 13.9. The molecular weight excluding hydrogens is 306 g/mol. The molecule has 0 radical (unpaired) electrons. The second-order valence-corrected chi connectivity index (χ2v) is 5.93. The van der Waals surface area contributed by atoms with Gasteiger partial charge >= 0.3 is 0 Å². The Kier molecular flexibility index (Phi) is 7.51. The van der Waals surface area contributed by atoms with Crippen molar-refractivity contribution in [3.8, 4) is 0 Å². The minimum absolute atomic E-state index is 0.240. The molecule has 1 aromatic rings. The van der Waals surface area contributed by atoms with E-state index in [0.717, 1.165) is 25.1 Å². The minimum Gasteiger partial charge on any atom is -0.399 e. The number of amides is 2. The molecule has 1 aliphatic heterocycles. The Morgan fingerprint density at radius 3 is 1.92 bits per heavy atom. The number of benzene rings is 1. The van der Waals surface area contributed by atoms with Gasteiger partial charge in [0.05, 0.1) is 0 Å². The first-order chi connectivity index (χ1) is 11.7. The lowest BCUT2D eigenvalue weighted by atomic mass is 9.97. The van der Waals surface area contributed by atoms with Crippen molar-refractivity contribution in [2.45, 2.75) is 12.8 Å². The maximum absolute atomic E-state index is 12.4. The summed E-state index contributed by atoms with van der Waals surface area (Å²) in [5.74, 6) is -1.22. The predicted octanol–water partition coefficient (Wildman–Crippen LogP) is -0.757. The molecule has 0 unspecified atom stereocenters. The van der Waals surface area contributed by atoms with Crippen LogP contribution in [-0.4, -0.2) is 51.1 Å². The van der Waals surface area contributed by atoms with Gasteiger partial charge in [-0.1, -0.05) is 12.1 Å². The molecule has 6 N–H and O–H groups in total. The highest BCUT2D eigenvalue weighted by Gasteiger charge is 2.26. The highest BCUT2D eigenvalue weighted by atomic mass is 16.2. The van der Waals surface area contributed by atoms with E-state index < -0.39 is 5.92 Å². The van der Waals surface area contributed by atoms with Crippen molar-refractivity contribution in [3.63, 3.8) is 0 Å². The van der Waals surface area contributed by atoms with Crippen LogP contribution in [0.2, 0.25) is 0 Å². The second-order valence-electron chi connectivity index (χ2n) is 5.93. The minimum atomic E-state index is -0.739. The number of anilines is 1. The number of nitrogens with two attached hydrogens (primary N) is 1. The molecule has 132 valence electrons. The van der Waals surface area contributed by atoms with Crippen LogP contribution >= 0.6 is 0 Å². The fourth-order valence-corrected chi connectivity index (χ4v) is 2.58. The first-order valence-electron chi connectivity index (χ1n) is 8.48. The van der Waals surface area contributed by atoms with Gasteiger partial charge in [0, 0.05) is 31.9 Å². The highest BCUT2D eigenvalue weighted by molar-refractivity contribution is 6.00. The summed E-state index contributed by atoms with van der Waals surface area (Å²) in [6.07, 6.45) is 1.38. The van der Waals surface area contributed by atoms with E-state index in [-0.39, 0.29) is 11.8 Å². The number of carbonyl (C=O) groups is 2. The number of hydrogen-bond acceptors (Lipinski definition) is 5. The topological polar surface area (TPSA) is 108 Å². The van der Waals surface area contributed by atoms with Gasteiger partial charge in [0.15, 0.2) is 0 Å². The summed E-state index contributed by atoms with van der Waals surface area (Å²) in [7, 11) is 0. The van der Waals surface area contributed by atoms with Gasteiger partial charge in [-0.05, 0) is 43.6 Å². The average molecular weight is 333 g/mol. The Balaban J connectivity index is 2.01. The van der Waals surface area contributed by atoms with Crippen LogP contribution in [0.4, 0.5) is 5.69 Å². The van der Waals surface area contributed by atoms with E-state index in [9.17, 15) is 9.59 Å². The molecule has 0 aromatic heterocycles. The molecule has 1 fully saturated rings. The lowest BCUT2D eigenvalue weighted by molar-refractivity contribution is -0.135. The van der Waals surface area contributed by atoms with Crippen molar-refractivity contribution < 1.29 is 9.59 Å². The van der Waals surface area contributed by atoms with Crippen LogP contribution in [0.25, 0.3) is 0 Å². The Bertz CT molecular complexity index is 508. The van der Waals surface area contributed by atoms with Crippen LogP contribution in [0, 0.1) is 5.92 Å². The fourth-order valence-electron chi connectivity index (χ4n) is 2.58. The lowest BCUT2D eigenvalue weighted by Gasteiger charge is -2.18. The molecule has 0 atom stereocenters. The third-order valence-corrected chi connectivity index (χ3v) is 3.96. The smallest absolute Gasteiger partial charge is 0.232 e. The maximum Gasteiger partial charge on any atom is 0.232 e. The Labute approximate surface area is 142 Å². The van der Waals surface area contributed by atoms with Crippen molar-refractivity contribution in [1.29, 1.82) is 0 Å². The molecule has 0 aliphatic carbocycles. The average Bonchev–Trinajstić information content (AvgIpc) is 2.58. The maximum atomic E-state index is 12.4. The Hall–Kier alpha value is -2.12. The van der Waals surface area contributed by atoms with E-state index in [1.165, 1.54) is 0 Å². The van der Waals surface area contributed by atoms with E-state index in [1.54, 1.807) is 12.1 Å². The predicted molar refractivity (Wildman–Crippen MR) is 94.4 cm³/mol. The van der Waals surface area contributed by atoms with Gasteiger partial charge in [-0.3, -0.25) is 9.59 Å². The second kappa shape index (κ2) is 9.89. The van der Waals surface area contributed by atoms with Gasteiger partial charge in [0.1, 0.15) is 5.92 Å². The molecule has 0 bridgehead atoms. The Morgan fingerprint density at radius 1 is 0.833 bits per heavy atom. The zero-order valence-corrected chi connectivity index (χ0v) is 13.9. The molecule has 24 heavy (non-hydrogen) atoms. The molecule has 7 heteroatoms. The third kappa shape index (κ3) is 6.17. The summed E-state index contributed by atoms with van der Waals surface area (Å²) < 4.78 is 0. The summed E-state index contributed by atoms with van der Waals surface area (Å²) in [4.78, 5) is 24.9. The van der Waals surface area contributed by atoms with Crippen molar-refractivity contribution >= 4 is 17.5 Å². The van der Waals surface area contributed by atoms with E-state index >= 15 is 0 Å². The van der Waals surface area contributed by atoms with Gasteiger partial charge in [-0.2, -0.15) is 0 Å². The summed E-state index contributed by atoms with van der Waals surface area (Å²) in [6, 6.07) is 7.26. The first-order valence-corrected chi connectivity index (χ1v) is 8.48. The van der Waals surface area contributed by atoms with E-state index in [2.05, 4.69) is 21.3 Å². The largest absolute Gasteiger partial charge is 0.399 e. The molecule has 1 heterocycles. The standard InChI is InChI=1S/C17H27N5O2/c18-14-4-2-13(3-5-14)12-15-16(23)21-10-8-19-6-1-7-20-9-11-22-17(15)24/h2-5,15,19-20H,1,6-12,18H2,(H,21,23)(H,22,24). The first kappa shape index (κ1) is 18.2. The van der Waals surface area contributed by atoms with E-state index in [0.29, 0.717) is 38.3 Å². The van der Waals surface area contributed by atoms with Crippen LogP contribution in [0.5, 0.6) is 0 Å². The molecule has 1 aliphatic rings. The summed E-state index contributed by atoms with van der Waals surface area (Å²) in [5, 5.41) is 12.2. The van der Waals surface area contributed by atoms with Crippen molar-refractivity contribution in [3.05, 3.63) is 29.8 Å². The Morgan fingerprint density at radius 2 is 1.38 bits per heavy atom. The molecule has 2 rings (SSSR count). The van der Waals surface area contributed by atoms with Gasteiger partial charge in [0.2, 0.25) is 11.8 Å². The normalized spacial score (nSPS) is 19.2. The molecule has 1 saturated heterocycles. The summed E-state index contributed by atoms with van der Waals surface area (Å²) in [5.41, 5.74) is 7.26. The molecule has 7 nitrogen and oxygen atoms in total. The lowest BCUT2D eigenvalue weighted by Crippen LogP contribution is -2.46. The number of carbonyl (C=O) groups excluding carboxylic acids is 2. The molecule has 1 aromatic carbocycles. The summed E-state index contributed by atoms with van der Waals surface area (Å²) in [6.45, 7) is 4.23. The molecule has 0 spiro atoms. The van der Waals surface area contributed by atoms with E-state index in [4.69, 9.17) is 5.73 Å². The quantitative estimate of drug-likeness (QED) is 0.361. The SMILES string of the molecule is Nc1ccc(CC2C(=O)NCCNCCCNCCNC2=O)cc1. The highest BCUT2D eigenvalue weighted by Crippen LogP contribution is 2.12. The van der Waals surface area contributed by atoms with Crippen LogP contribution in [0.15, 0.2) is 24.3 Å². The fraction of sp³-hybridized carbons (Fsp3) is 0.529. The van der Waals surface area contributed by atoms with Crippen LogP contribution in [0.3, 0.4) is 0 Å². The van der Waals surface area contributed by atoms with Gasteiger partial charge in [0.25, 0.3) is 0 Å². The third-order valence-electron chi connectivity index (χ3n) is 3.96. The van der Waals surface area contributed by atoms with E-state index in [1.807, 2.05) is 12.1 Å². The molecule has 2 amide bonds.